The van der Waals surface area contributed by atoms with E-state index in [0.29, 0.717) is 18.7 Å². The molecule has 0 saturated carbocycles. The molecule has 0 atom stereocenters. The van der Waals surface area contributed by atoms with Crippen LogP contribution in [0.1, 0.15) is 22.6 Å². The van der Waals surface area contributed by atoms with Crippen LogP contribution in [0.3, 0.4) is 0 Å². The zero-order valence-corrected chi connectivity index (χ0v) is 11.7. The van der Waals surface area contributed by atoms with Crippen molar-refractivity contribution >= 4 is 0 Å². The maximum absolute atomic E-state index is 9.86. The first-order valence-corrected chi connectivity index (χ1v) is 6.80. The van der Waals surface area contributed by atoms with Gasteiger partial charge in [-0.15, -0.1) is 0 Å². The summed E-state index contributed by atoms with van der Waals surface area (Å²) in [6, 6.07) is 2.47. The van der Waals surface area contributed by atoms with Crippen LogP contribution in [-0.2, 0) is 19.5 Å². The van der Waals surface area contributed by atoms with Crippen molar-refractivity contribution in [1.82, 2.24) is 14.9 Å². The topological polar surface area (TPSA) is 89.7 Å². The van der Waals surface area contributed by atoms with Crippen LogP contribution < -0.4 is 0 Å². The number of aryl methyl sites for hydroxylation is 1. The molecule has 0 spiro atoms. The zero-order chi connectivity index (χ0) is 15.0. The summed E-state index contributed by atoms with van der Waals surface area (Å²) in [5, 5.41) is 29.1. The van der Waals surface area contributed by atoms with Gasteiger partial charge in [0.15, 0.2) is 0 Å². The van der Waals surface area contributed by atoms with Crippen LogP contribution in [0.15, 0.2) is 18.3 Å². The Morgan fingerprint density at radius 1 is 1.19 bits per heavy atom. The van der Waals surface area contributed by atoms with Gasteiger partial charge in [-0.05, 0) is 6.92 Å². The normalized spacial score (nSPS) is 14.9. The van der Waals surface area contributed by atoms with Crippen LogP contribution >= 0.6 is 0 Å². The van der Waals surface area contributed by atoms with Crippen LogP contribution in [0.2, 0.25) is 0 Å². The van der Waals surface area contributed by atoms with Gasteiger partial charge in [-0.1, -0.05) is 0 Å². The predicted octanol–water partition coefficient (Wildman–Crippen LogP) is 1.46. The Balaban J connectivity index is 1.80. The van der Waals surface area contributed by atoms with E-state index in [4.69, 9.17) is 0 Å². The van der Waals surface area contributed by atoms with Crippen molar-refractivity contribution in [2.45, 2.75) is 26.4 Å². The van der Waals surface area contributed by atoms with E-state index in [1.807, 2.05) is 13.1 Å². The van der Waals surface area contributed by atoms with Crippen molar-refractivity contribution in [2.75, 3.05) is 6.54 Å². The van der Waals surface area contributed by atoms with Crippen molar-refractivity contribution in [3.05, 3.63) is 41.0 Å². The highest BCUT2D eigenvalue weighted by Crippen LogP contribution is 2.33. The fourth-order valence-corrected chi connectivity index (χ4v) is 2.62. The lowest BCUT2D eigenvalue weighted by Gasteiger charge is -2.28. The van der Waals surface area contributed by atoms with E-state index in [1.165, 1.54) is 12.1 Å². The molecule has 110 valence electrons. The average molecular weight is 287 g/mol. The summed E-state index contributed by atoms with van der Waals surface area (Å²) in [7, 11) is 0. The molecule has 1 aromatic carbocycles. The van der Waals surface area contributed by atoms with Gasteiger partial charge in [0.2, 0.25) is 0 Å². The molecule has 1 aliphatic rings. The van der Waals surface area contributed by atoms with Gasteiger partial charge in [0.25, 0.3) is 0 Å². The molecule has 0 unspecified atom stereocenters. The standard InChI is InChI=1S/C15H17N3O3/c1-9-16-6-10-7-18(3-2-13(10)17-9)8-12-14(20)4-11(19)5-15(12)21/h4-6,19-21H,2-3,7-8H2,1H3. The van der Waals surface area contributed by atoms with Crippen molar-refractivity contribution in [2.24, 2.45) is 0 Å². The largest absolute Gasteiger partial charge is 0.508 e. The third kappa shape index (κ3) is 2.75. The molecule has 2 aromatic rings. The first-order valence-electron chi connectivity index (χ1n) is 6.80. The molecule has 6 nitrogen and oxygen atoms in total. The minimum atomic E-state index is -0.151. The number of benzene rings is 1. The summed E-state index contributed by atoms with van der Waals surface area (Å²) in [6.45, 7) is 3.75. The molecular formula is C15H17N3O3. The molecule has 0 aliphatic carbocycles. The number of phenols is 3. The Morgan fingerprint density at radius 3 is 2.62 bits per heavy atom. The molecular weight excluding hydrogens is 270 g/mol. The number of phenolic OH excluding ortho intramolecular Hbond substituents is 3. The van der Waals surface area contributed by atoms with Gasteiger partial charge >= 0.3 is 0 Å². The van der Waals surface area contributed by atoms with Crippen LogP contribution in [-0.4, -0.2) is 36.7 Å². The summed E-state index contributed by atoms with van der Waals surface area (Å²) in [6.07, 6.45) is 2.65. The second-order valence-corrected chi connectivity index (χ2v) is 5.31. The Kier molecular flexibility index (Phi) is 3.39. The molecule has 0 fully saturated rings. The fraction of sp³-hybridized carbons (Fsp3) is 0.333. The quantitative estimate of drug-likeness (QED) is 0.775. The number of nitrogens with zero attached hydrogens (tertiary/aromatic N) is 3. The molecule has 2 heterocycles. The Labute approximate surface area is 122 Å². The smallest absolute Gasteiger partial charge is 0.127 e. The molecule has 3 N–H and O–H groups in total. The first kappa shape index (κ1) is 13.6. The highest BCUT2D eigenvalue weighted by Gasteiger charge is 2.20. The minimum absolute atomic E-state index is 0.0987. The number of fused-ring (bicyclic) bond motifs is 1. The number of aromatic nitrogens is 2. The fourth-order valence-electron chi connectivity index (χ4n) is 2.62. The van der Waals surface area contributed by atoms with Gasteiger partial charge in [-0.25, -0.2) is 9.97 Å². The van der Waals surface area contributed by atoms with Crippen LogP contribution in [0.4, 0.5) is 0 Å². The van der Waals surface area contributed by atoms with Gasteiger partial charge in [0.05, 0.1) is 0 Å². The number of hydrogen-bond donors (Lipinski definition) is 3. The lowest BCUT2D eigenvalue weighted by Crippen LogP contribution is -2.31. The van der Waals surface area contributed by atoms with Crippen LogP contribution in [0.25, 0.3) is 0 Å². The highest BCUT2D eigenvalue weighted by molar-refractivity contribution is 5.48. The van der Waals surface area contributed by atoms with Gasteiger partial charge in [0.1, 0.15) is 23.1 Å². The SMILES string of the molecule is Cc1ncc2c(n1)CCN(Cc1c(O)cc(O)cc1O)C2. The second-order valence-electron chi connectivity index (χ2n) is 5.31. The molecule has 0 saturated heterocycles. The summed E-state index contributed by atoms with van der Waals surface area (Å²) >= 11 is 0. The zero-order valence-electron chi connectivity index (χ0n) is 11.7. The van der Waals surface area contributed by atoms with E-state index in [-0.39, 0.29) is 17.2 Å². The number of hydrogen-bond acceptors (Lipinski definition) is 6. The lowest BCUT2D eigenvalue weighted by molar-refractivity contribution is 0.236. The van der Waals surface area contributed by atoms with Crippen molar-refractivity contribution in [1.29, 1.82) is 0 Å². The highest BCUT2D eigenvalue weighted by atomic mass is 16.3. The molecule has 6 heteroatoms. The van der Waals surface area contributed by atoms with Gasteiger partial charge in [-0.3, -0.25) is 4.90 Å². The maximum Gasteiger partial charge on any atom is 0.127 e. The van der Waals surface area contributed by atoms with E-state index in [0.717, 1.165) is 30.0 Å². The molecule has 3 rings (SSSR count). The van der Waals surface area contributed by atoms with Gasteiger partial charge < -0.3 is 15.3 Å². The van der Waals surface area contributed by atoms with Gasteiger partial charge in [0, 0.05) is 61.2 Å². The van der Waals surface area contributed by atoms with Crippen LogP contribution in [0, 0.1) is 6.92 Å². The molecule has 0 amide bonds. The lowest BCUT2D eigenvalue weighted by atomic mass is 10.1. The number of aromatic hydroxyl groups is 3. The summed E-state index contributed by atoms with van der Waals surface area (Å²) in [5.41, 5.74) is 2.56. The van der Waals surface area contributed by atoms with E-state index >= 15 is 0 Å². The minimum Gasteiger partial charge on any atom is -0.508 e. The monoisotopic (exact) mass is 287 g/mol. The Bertz CT molecular complexity index is 665. The Morgan fingerprint density at radius 2 is 1.90 bits per heavy atom. The first-order chi connectivity index (χ1) is 10.0. The third-order valence-electron chi connectivity index (χ3n) is 3.70. The van der Waals surface area contributed by atoms with E-state index < -0.39 is 0 Å². The van der Waals surface area contributed by atoms with Gasteiger partial charge in [-0.2, -0.15) is 0 Å². The Hall–Kier alpha value is -2.34. The summed E-state index contributed by atoms with van der Waals surface area (Å²) in [4.78, 5) is 10.7. The molecule has 0 bridgehead atoms. The van der Waals surface area contributed by atoms with E-state index in [2.05, 4.69) is 14.9 Å². The molecule has 1 aliphatic heterocycles. The number of rotatable bonds is 2. The van der Waals surface area contributed by atoms with E-state index in [1.54, 1.807) is 0 Å². The third-order valence-corrected chi connectivity index (χ3v) is 3.70. The molecule has 1 aromatic heterocycles. The van der Waals surface area contributed by atoms with Crippen molar-refractivity contribution in [3.8, 4) is 17.2 Å². The van der Waals surface area contributed by atoms with E-state index in [9.17, 15) is 15.3 Å². The maximum atomic E-state index is 9.86. The van der Waals surface area contributed by atoms with Crippen molar-refractivity contribution < 1.29 is 15.3 Å². The summed E-state index contributed by atoms with van der Waals surface area (Å²) in [5.74, 6) is 0.426. The molecule has 0 radical (unpaired) electrons. The predicted molar refractivity (Wildman–Crippen MR) is 76.0 cm³/mol. The average Bonchev–Trinajstić information content (AvgIpc) is 2.43. The van der Waals surface area contributed by atoms with Crippen LogP contribution in [0.5, 0.6) is 17.2 Å². The second kappa shape index (κ2) is 5.21. The summed E-state index contributed by atoms with van der Waals surface area (Å²) < 4.78 is 0. The molecule has 21 heavy (non-hydrogen) atoms. The van der Waals surface area contributed by atoms with Crippen molar-refractivity contribution in [3.63, 3.8) is 0 Å².